The van der Waals surface area contributed by atoms with Gasteiger partial charge in [-0.05, 0) is 68.3 Å². The largest absolute Gasteiger partial charge is 0.494 e. The van der Waals surface area contributed by atoms with Crippen molar-refractivity contribution in [2.45, 2.75) is 30.7 Å². The number of nitrogens with zero attached hydrogens (tertiary/aromatic N) is 1. The van der Waals surface area contributed by atoms with Crippen molar-refractivity contribution in [1.29, 1.82) is 0 Å². The van der Waals surface area contributed by atoms with Crippen molar-refractivity contribution in [3.05, 3.63) is 59.1 Å². The quantitative estimate of drug-likeness (QED) is 0.701. The lowest BCUT2D eigenvalue weighted by atomic mass is 10.0. The van der Waals surface area contributed by atoms with Gasteiger partial charge in [0.2, 0.25) is 0 Å². The van der Waals surface area contributed by atoms with E-state index in [-0.39, 0.29) is 11.8 Å². The van der Waals surface area contributed by atoms with Crippen LogP contribution in [0.3, 0.4) is 0 Å². The Kier molecular flexibility index (Phi) is 6.22. The molecule has 0 aliphatic carbocycles. The number of likely N-dealkylation sites (tertiary alicyclic amines) is 1. The fourth-order valence-electron chi connectivity index (χ4n) is 3.42. The first kappa shape index (κ1) is 19.2. The van der Waals surface area contributed by atoms with E-state index in [0.29, 0.717) is 23.1 Å². The van der Waals surface area contributed by atoms with E-state index >= 15 is 0 Å². The zero-order valence-corrected chi connectivity index (χ0v) is 16.5. The Morgan fingerprint density at radius 2 is 1.81 bits per heavy atom. The predicted molar refractivity (Wildman–Crippen MR) is 105 cm³/mol. The van der Waals surface area contributed by atoms with Crippen LogP contribution in [0.2, 0.25) is 5.02 Å². The second-order valence-electron chi connectivity index (χ2n) is 6.47. The third-order valence-electron chi connectivity index (χ3n) is 4.76. The molecule has 2 aromatic carbocycles. The third-order valence-corrected chi connectivity index (χ3v) is 6.72. The average molecular weight is 394 g/mol. The first-order valence-corrected chi connectivity index (χ1v) is 11.0. The van der Waals surface area contributed by atoms with Gasteiger partial charge in [-0.3, -0.25) is 4.90 Å². The standard InChI is InChI=1S/C20H24ClNO3S/c1-2-25-18-9-5-16(6-10-18)20-4-3-13-22(20)14-15-26(23,24)19-11-7-17(21)8-12-19/h5-12,20H,2-4,13-15H2,1H3/t20-/m0/s1. The molecule has 1 aliphatic rings. The molecule has 1 fully saturated rings. The van der Waals surface area contributed by atoms with E-state index in [2.05, 4.69) is 17.0 Å². The van der Waals surface area contributed by atoms with Gasteiger partial charge in [0, 0.05) is 17.6 Å². The Hall–Kier alpha value is -1.56. The minimum atomic E-state index is -3.30. The van der Waals surface area contributed by atoms with Crippen LogP contribution < -0.4 is 4.74 Å². The normalized spacial score (nSPS) is 18.2. The molecule has 0 unspecified atom stereocenters. The van der Waals surface area contributed by atoms with E-state index < -0.39 is 9.84 Å². The van der Waals surface area contributed by atoms with Crippen molar-refractivity contribution in [2.75, 3.05) is 25.4 Å². The van der Waals surface area contributed by atoms with Crippen LogP contribution in [0.25, 0.3) is 0 Å². The van der Waals surface area contributed by atoms with Gasteiger partial charge in [-0.15, -0.1) is 0 Å². The lowest BCUT2D eigenvalue weighted by Gasteiger charge is -2.25. The molecular formula is C20H24ClNO3S. The monoisotopic (exact) mass is 393 g/mol. The summed E-state index contributed by atoms with van der Waals surface area (Å²) < 4.78 is 30.6. The van der Waals surface area contributed by atoms with Gasteiger partial charge in [0.05, 0.1) is 17.3 Å². The number of benzene rings is 2. The Bertz CT molecular complexity index is 819. The van der Waals surface area contributed by atoms with Crippen molar-refractivity contribution in [2.24, 2.45) is 0 Å². The fourth-order valence-corrected chi connectivity index (χ4v) is 4.81. The Balaban J connectivity index is 1.66. The van der Waals surface area contributed by atoms with Gasteiger partial charge in [0.25, 0.3) is 0 Å². The fraction of sp³-hybridized carbons (Fsp3) is 0.400. The minimum Gasteiger partial charge on any atom is -0.494 e. The summed E-state index contributed by atoms with van der Waals surface area (Å²) in [5.74, 6) is 0.980. The van der Waals surface area contributed by atoms with E-state index in [1.165, 1.54) is 5.56 Å². The van der Waals surface area contributed by atoms with Crippen LogP contribution in [0, 0.1) is 0 Å². The number of sulfone groups is 1. The molecule has 3 rings (SSSR count). The van der Waals surface area contributed by atoms with Gasteiger partial charge in [-0.2, -0.15) is 0 Å². The van der Waals surface area contributed by atoms with Gasteiger partial charge in [0.1, 0.15) is 5.75 Å². The molecule has 0 spiro atoms. The molecule has 0 saturated carbocycles. The first-order valence-electron chi connectivity index (χ1n) is 8.95. The van der Waals surface area contributed by atoms with Crippen LogP contribution >= 0.6 is 11.6 Å². The maximum atomic E-state index is 12.6. The summed E-state index contributed by atoms with van der Waals surface area (Å²) in [4.78, 5) is 2.60. The zero-order valence-electron chi connectivity index (χ0n) is 14.9. The van der Waals surface area contributed by atoms with Crippen LogP contribution in [-0.4, -0.2) is 38.8 Å². The van der Waals surface area contributed by atoms with Crippen LogP contribution in [0.4, 0.5) is 0 Å². The van der Waals surface area contributed by atoms with E-state index in [1.807, 2.05) is 19.1 Å². The second kappa shape index (κ2) is 8.42. The van der Waals surface area contributed by atoms with E-state index in [1.54, 1.807) is 24.3 Å². The maximum absolute atomic E-state index is 12.6. The number of ether oxygens (including phenoxy) is 1. The van der Waals surface area contributed by atoms with Gasteiger partial charge in [0.15, 0.2) is 9.84 Å². The van der Waals surface area contributed by atoms with Crippen molar-refractivity contribution >= 4 is 21.4 Å². The summed E-state index contributed by atoms with van der Waals surface area (Å²) in [6.07, 6.45) is 2.13. The molecule has 0 N–H and O–H groups in total. The number of rotatable bonds is 7. The SMILES string of the molecule is CCOc1ccc([C@@H]2CCCN2CCS(=O)(=O)c2ccc(Cl)cc2)cc1. The molecule has 1 atom stereocenters. The minimum absolute atomic E-state index is 0.113. The van der Waals surface area contributed by atoms with E-state index in [4.69, 9.17) is 16.3 Å². The van der Waals surface area contributed by atoms with Crippen LogP contribution in [0.1, 0.15) is 31.4 Å². The van der Waals surface area contributed by atoms with Gasteiger partial charge in [-0.25, -0.2) is 8.42 Å². The molecule has 0 radical (unpaired) electrons. The van der Waals surface area contributed by atoms with Gasteiger partial charge in [-0.1, -0.05) is 23.7 Å². The van der Waals surface area contributed by atoms with Crippen molar-refractivity contribution < 1.29 is 13.2 Å². The predicted octanol–water partition coefficient (Wildman–Crippen LogP) is 4.35. The molecule has 1 saturated heterocycles. The van der Waals surface area contributed by atoms with Crippen molar-refractivity contribution in [3.8, 4) is 5.75 Å². The number of halogens is 1. The zero-order chi connectivity index (χ0) is 18.6. The third kappa shape index (κ3) is 4.58. The summed E-state index contributed by atoms with van der Waals surface area (Å²) in [6.45, 7) is 4.07. The lowest BCUT2D eigenvalue weighted by Crippen LogP contribution is -2.29. The summed E-state index contributed by atoms with van der Waals surface area (Å²) in [7, 11) is -3.30. The molecule has 26 heavy (non-hydrogen) atoms. The highest BCUT2D eigenvalue weighted by Gasteiger charge is 2.27. The molecule has 0 aromatic heterocycles. The van der Waals surface area contributed by atoms with Crippen LogP contribution in [0.5, 0.6) is 5.75 Å². The molecule has 4 nitrogen and oxygen atoms in total. The number of hydrogen-bond donors (Lipinski definition) is 0. The molecule has 140 valence electrons. The molecule has 1 aliphatic heterocycles. The highest BCUT2D eigenvalue weighted by molar-refractivity contribution is 7.91. The van der Waals surface area contributed by atoms with Gasteiger partial charge >= 0.3 is 0 Å². The Morgan fingerprint density at radius 3 is 2.46 bits per heavy atom. The van der Waals surface area contributed by atoms with E-state index in [9.17, 15) is 8.42 Å². The molecule has 2 aromatic rings. The van der Waals surface area contributed by atoms with Crippen molar-refractivity contribution in [1.82, 2.24) is 4.90 Å². The summed E-state index contributed by atoms with van der Waals surface area (Å²) in [5, 5.41) is 0.541. The molecule has 6 heteroatoms. The smallest absolute Gasteiger partial charge is 0.179 e. The summed E-state index contributed by atoms with van der Waals surface area (Å²) in [5.41, 5.74) is 1.22. The molecule has 1 heterocycles. The molecular weight excluding hydrogens is 370 g/mol. The first-order chi connectivity index (χ1) is 12.5. The van der Waals surface area contributed by atoms with Crippen LogP contribution in [0.15, 0.2) is 53.4 Å². The maximum Gasteiger partial charge on any atom is 0.179 e. The Morgan fingerprint density at radius 1 is 1.12 bits per heavy atom. The average Bonchev–Trinajstić information content (AvgIpc) is 3.10. The number of hydrogen-bond acceptors (Lipinski definition) is 4. The highest BCUT2D eigenvalue weighted by atomic mass is 35.5. The Labute approximate surface area is 160 Å². The highest BCUT2D eigenvalue weighted by Crippen LogP contribution is 2.32. The lowest BCUT2D eigenvalue weighted by molar-refractivity contribution is 0.272. The summed E-state index contributed by atoms with van der Waals surface area (Å²) >= 11 is 5.85. The van der Waals surface area contributed by atoms with Crippen LogP contribution in [-0.2, 0) is 9.84 Å². The molecule has 0 amide bonds. The topological polar surface area (TPSA) is 46.6 Å². The van der Waals surface area contributed by atoms with Crippen molar-refractivity contribution in [3.63, 3.8) is 0 Å². The van der Waals surface area contributed by atoms with E-state index in [0.717, 1.165) is 25.1 Å². The second-order valence-corrected chi connectivity index (χ2v) is 9.01. The van der Waals surface area contributed by atoms with Gasteiger partial charge < -0.3 is 4.74 Å². The summed E-state index contributed by atoms with van der Waals surface area (Å²) in [6, 6.07) is 14.8. The molecule has 0 bridgehead atoms.